The van der Waals surface area contributed by atoms with Crippen molar-refractivity contribution in [1.82, 2.24) is 4.98 Å². The number of halogens is 3. The van der Waals surface area contributed by atoms with Crippen molar-refractivity contribution < 1.29 is 21.7 Å². The molecule has 1 heterocycles. The summed E-state index contributed by atoms with van der Waals surface area (Å²) in [6, 6.07) is 0. The Morgan fingerprint density at radius 1 is 1.50 bits per heavy atom. The van der Waals surface area contributed by atoms with E-state index in [2.05, 4.69) is 4.98 Å². The van der Waals surface area contributed by atoms with Crippen LogP contribution in [-0.4, -0.2) is 20.5 Å². The first-order chi connectivity index (χ1) is 8.10. The normalized spacial score (nSPS) is 15.1. The lowest BCUT2D eigenvalue weighted by atomic mass is 10.2. The molecule has 0 aliphatic heterocycles. The summed E-state index contributed by atoms with van der Waals surface area (Å²) in [5, 5.41) is 7.66. The van der Waals surface area contributed by atoms with Gasteiger partial charge in [0.1, 0.15) is 0 Å². The van der Waals surface area contributed by atoms with Crippen molar-refractivity contribution >= 4 is 22.3 Å². The van der Waals surface area contributed by atoms with Crippen LogP contribution in [0.25, 0.3) is 0 Å². The van der Waals surface area contributed by atoms with Gasteiger partial charge in [-0.15, -0.1) is 11.3 Å². The number of hydrogen-bond acceptors (Lipinski definition) is 4. The summed E-state index contributed by atoms with van der Waals surface area (Å²) in [5.74, 6) is 0. The van der Waals surface area contributed by atoms with Crippen LogP contribution in [0, 0.1) is 11.5 Å². The molecule has 0 aromatic carbocycles. The van der Waals surface area contributed by atoms with Crippen molar-refractivity contribution in [1.29, 1.82) is 5.26 Å². The van der Waals surface area contributed by atoms with Gasteiger partial charge in [-0.1, -0.05) is 11.0 Å². The molecule has 1 rings (SSSR count). The molecule has 0 saturated heterocycles. The predicted octanol–water partition coefficient (Wildman–Crippen LogP) is 2.45. The van der Waals surface area contributed by atoms with Crippen LogP contribution in [0.2, 0.25) is 0 Å². The molecule has 1 atom stereocenters. The Kier molecular flexibility index (Phi) is 4.15. The van der Waals surface area contributed by atoms with Crippen LogP contribution in [0.15, 0.2) is 6.20 Å². The molecule has 4 nitrogen and oxygen atoms in total. The van der Waals surface area contributed by atoms with Gasteiger partial charge in [0.05, 0.1) is 11.8 Å². The zero-order valence-corrected chi connectivity index (χ0v) is 11.4. The highest BCUT2D eigenvalue weighted by Gasteiger charge is 2.37. The molecular weight excluding hydrogens is 287 g/mol. The van der Waals surface area contributed by atoms with Crippen LogP contribution >= 0.6 is 11.3 Å². The Morgan fingerprint density at radius 3 is 2.44 bits per heavy atom. The largest absolute Gasteiger partial charge is 0.771 e. The predicted molar refractivity (Wildman–Crippen MR) is 60.1 cm³/mol. The average molecular weight is 297 g/mol. The van der Waals surface area contributed by atoms with E-state index in [1.54, 1.807) is 6.19 Å². The Balaban J connectivity index is 3.23. The molecule has 0 radical (unpaired) electrons. The number of alkyl halides is 3. The lowest BCUT2D eigenvalue weighted by molar-refractivity contribution is -0.380. The van der Waals surface area contributed by atoms with Crippen LogP contribution in [0.3, 0.4) is 0 Å². The fraction of sp³-hybridized carbons (Fsp3) is 0.556. The van der Waals surface area contributed by atoms with Crippen LogP contribution < -0.4 is 0 Å². The van der Waals surface area contributed by atoms with E-state index < -0.39 is 26.9 Å². The molecule has 0 aliphatic carbocycles. The minimum Gasteiger partial charge on any atom is -0.771 e. The lowest BCUT2D eigenvalue weighted by Gasteiger charge is -2.29. The van der Waals surface area contributed by atoms with Crippen molar-refractivity contribution in [2.75, 3.05) is 7.05 Å². The van der Waals surface area contributed by atoms with E-state index in [1.807, 2.05) is 0 Å². The van der Waals surface area contributed by atoms with Crippen molar-refractivity contribution in [3.05, 3.63) is 16.1 Å². The smallest absolute Gasteiger partial charge is 0.464 e. The number of nitrogens with zero attached hydrogens (tertiary/aromatic N) is 3. The van der Waals surface area contributed by atoms with Crippen LogP contribution in [0.4, 0.5) is 13.2 Å². The van der Waals surface area contributed by atoms with Gasteiger partial charge >= 0.3 is 12.4 Å². The molecule has 9 heteroatoms. The SMILES string of the molecule is C[N+](C#N)=S([O-])C(C)(C)c1cnc(C(F)(F)F)s1. The minimum absolute atomic E-state index is 0.218. The maximum absolute atomic E-state index is 12.4. The number of hydrogen-bond donors (Lipinski definition) is 0. The fourth-order valence-corrected chi connectivity index (χ4v) is 3.25. The molecule has 1 aromatic heterocycles. The van der Waals surface area contributed by atoms with Gasteiger partial charge in [-0.3, -0.25) is 0 Å². The van der Waals surface area contributed by atoms with Gasteiger partial charge in [-0.2, -0.15) is 17.1 Å². The summed E-state index contributed by atoms with van der Waals surface area (Å²) in [5.41, 5.74) is 0. The molecular formula is C9H10F3N3OS2. The van der Waals surface area contributed by atoms with Gasteiger partial charge in [-0.05, 0) is 13.8 Å². The molecule has 1 unspecified atom stereocenters. The molecule has 0 spiro atoms. The average Bonchev–Trinajstić information content (AvgIpc) is 2.76. The molecule has 18 heavy (non-hydrogen) atoms. The third-order valence-corrected chi connectivity index (χ3v) is 5.33. The quantitative estimate of drug-likeness (QED) is 0.478. The van der Waals surface area contributed by atoms with Crippen LogP contribution in [0.1, 0.15) is 23.7 Å². The van der Waals surface area contributed by atoms with E-state index >= 15 is 0 Å². The highest BCUT2D eigenvalue weighted by molar-refractivity contribution is 7.80. The minimum atomic E-state index is -4.51. The molecule has 0 N–H and O–H groups in total. The third kappa shape index (κ3) is 2.88. The second kappa shape index (κ2) is 4.95. The first-order valence-electron chi connectivity index (χ1n) is 4.69. The first kappa shape index (κ1) is 15.1. The molecule has 100 valence electrons. The summed E-state index contributed by atoms with van der Waals surface area (Å²) in [7, 11) is -0.455. The van der Waals surface area contributed by atoms with E-state index in [1.165, 1.54) is 20.9 Å². The van der Waals surface area contributed by atoms with Crippen LogP contribution in [0.5, 0.6) is 0 Å². The fourth-order valence-electron chi connectivity index (χ4n) is 1.15. The topological polar surface area (TPSA) is 62.8 Å². The van der Waals surface area contributed by atoms with E-state index in [9.17, 15) is 17.7 Å². The Morgan fingerprint density at radius 2 is 2.06 bits per heavy atom. The zero-order valence-electron chi connectivity index (χ0n) is 9.78. The zero-order chi connectivity index (χ0) is 14.1. The number of rotatable bonds is 2. The van der Waals surface area contributed by atoms with Crippen molar-refractivity contribution in [2.45, 2.75) is 24.8 Å². The summed E-state index contributed by atoms with van der Waals surface area (Å²) in [6.45, 7) is 3.01. The standard InChI is InChI=1S/C9H10F3N3OS2/c1-8(2,18(16)15(3)5-13)6-4-14-7(17-6)9(10,11)12/h4H,1-3H3. The van der Waals surface area contributed by atoms with Gasteiger partial charge in [-0.25, -0.2) is 4.98 Å². The second-order valence-electron chi connectivity index (χ2n) is 3.88. The summed E-state index contributed by atoms with van der Waals surface area (Å²) in [6.07, 6.45) is -1.79. The Bertz CT molecular complexity index is 528. The molecule has 0 bridgehead atoms. The summed E-state index contributed by atoms with van der Waals surface area (Å²) >= 11 is 0.438. The Hall–Kier alpha value is -0.980. The highest BCUT2D eigenvalue weighted by atomic mass is 32.2. The molecule has 1 aromatic rings. The number of nitriles is 1. The van der Waals surface area contributed by atoms with E-state index in [0.29, 0.717) is 11.3 Å². The maximum atomic E-state index is 12.4. The van der Waals surface area contributed by atoms with E-state index in [4.69, 9.17) is 5.26 Å². The summed E-state index contributed by atoms with van der Waals surface area (Å²) < 4.78 is 49.0. The van der Waals surface area contributed by atoms with Crippen molar-refractivity contribution in [3.8, 4) is 6.19 Å². The van der Waals surface area contributed by atoms with Gasteiger partial charge in [0, 0.05) is 11.1 Å². The van der Waals surface area contributed by atoms with Gasteiger partial charge < -0.3 is 4.55 Å². The molecule has 0 amide bonds. The van der Waals surface area contributed by atoms with Gasteiger partial charge in [0.15, 0.2) is 10.3 Å². The third-order valence-electron chi connectivity index (χ3n) is 2.17. The second-order valence-corrected chi connectivity index (χ2v) is 6.98. The van der Waals surface area contributed by atoms with E-state index in [-0.39, 0.29) is 4.88 Å². The molecule has 0 fully saturated rings. The van der Waals surface area contributed by atoms with Gasteiger partial charge in [0.2, 0.25) is 0 Å². The van der Waals surface area contributed by atoms with Crippen molar-refractivity contribution in [2.24, 2.45) is 0 Å². The van der Waals surface area contributed by atoms with E-state index in [0.717, 1.165) is 10.1 Å². The van der Waals surface area contributed by atoms with Gasteiger partial charge in [0.25, 0.3) is 0 Å². The monoisotopic (exact) mass is 297 g/mol. The number of thiazole rings is 1. The Labute approximate surface area is 109 Å². The van der Waals surface area contributed by atoms with Crippen molar-refractivity contribution in [3.63, 3.8) is 0 Å². The molecule has 0 aliphatic rings. The van der Waals surface area contributed by atoms with Crippen LogP contribution in [-0.2, 0) is 21.9 Å². The lowest BCUT2D eigenvalue weighted by Crippen LogP contribution is -2.27. The molecule has 0 saturated carbocycles. The highest BCUT2D eigenvalue weighted by Crippen LogP contribution is 2.38. The summed E-state index contributed by atoms with van der Waals surface area (Å²) in [4.78, 5) is 3.50. The maximum Gasteiger partial charge on any atom is 0.464 e. The number of aromatic nitrogens is 1. The first-order valence-corrected chi connectivity index (χ1v) is 6.62.